The molecule has 24 heavy (non-hydrogen) atoms. The monoisotopic (exact) mass is 361 g/mol. The minimum Gasteiger partial charge on any atom is -0.482 e. The molecule has 1 heterocycles. The van der Waals surface area contributed by atoms with Gasteiger partial charge in [0, 0.05) is 27.7 Å². The van der Waals surface area contributed by atoms with Crippen molar-refractivity contribution in [2.75, 3.05) is 6.61 Å². The molecule has 0 saturated carbocycles. The van der Waals surface area contributed by atoms with Crippen molar-refractivity contribution in [3.63, 3.8) is 0 Å². The van der Waals surface area contributed by atoms with Crippen LogP contribution in [0.25, 0.3) is 10.9 Å². The summed E-state index contributed by atoms with van der Waals surface area (Å²) in [5.41, 5.74) is 4.30. The fourth-order valence-electron chi connectivity index (χ4n) is 2.14. The number of carbonyl (C=O) groups is 1. The average molecular weight is 362 g/mol. The highest BCUT2D eigenvalue weighted by Crippen LogP contribution is 2.27. The molecule has 1 aromatic heterocycles. The highest BCUT2D eigenvalue weighted by Gasteiger charge is 2.06. The van der Waals surface area contributed by atoms with Gasteiger partial charge >= 0.3 is 0 Å². The summed E-state index contributed by atoms with van der Waals surface area (Å²) in [5, 5.41) is 5.81. The molecule has 0 unspecified atom stereocenters. The second-order valence-electron chi connectivity index (χ2n) is 4.95. The Morgan fingerprint density at radius 1 is 1.25 bits per heavy atom. The summed E-state index contributed by atoms with van der Waals surface area (Å²) >= 11 is 11.8. The quantitative estimate of drug-likeness (QED) is 0.532. The van der Waals surface area contributed by atoms with Gasteiger partial charge in [-0.25, -0.2) is 5.43 Å². The van der Waals surface area contributed by atoms with E-state index in [9.17, 15) is 4.79 Å². The number of aromatic amines is 1. The van der Waals surface area contributed by atoms with Gasteiger partial charge < -0.3 is 9.72 Å². The smallest absolute Gasteiger partial charge is 0.277 e. The minimum absolute atomic E-state index is 0.202. The largest absolute Gasteiger partial charge is 0.482 e. The van der Waals surface area contributed by atoms with Crippen LogP contribution in [0, 0.1) is 0 Å². The number of hydrogen-bond acceptors (Lipinski definition) is 3. The first-order chi connectivity index (χ1) is 11.6. The molecule has 0 spiro atoms. The molecule has 0 aliphatic rings. The normalized spacial score (nSPS) is 11.1. The van der Waals surface area contributed by atoms with E-state index in [1.807, 2.05) is 30.5 Å². The lowest BCUT2D eigenvalue weighted by molar-refractivity contribution is -0.123. The first kappa shape index (κ1) is 16.4. The van der Waals surface area contributed by atoms with Crippen molar-refractivity contribution in [2.24, 2.45) is 5.10 Å². The third-order valence-electron chi connectivity index (χ3n) is 3.27. The number of nitrogens with one attached hydrogen (secondary N) is 2. The number of nitrogens with zero attached hydrogens (tertiary/aromatic N) is 1. The number of hydrogen-bond donors (Lipinski definition) is 2. The molecular weight excluding hydrogens is 349 g/mol. The number of carbonyl (C=O) groups excluding carboxylic acids is 1. The maximum atomic E-state index is 11.8. The number of ether oxygens (including phenoxy) is 1. The third-order valence-corrected chi connectivity index (χ3v) is 3.80. The van der Waals surface area contributed by atoms with Gasteiger partial charge in [0.25, 0.3) is 5.91 Å². The zero-order valence-corrected chi connectivity index (χ0v) is 13.9. The van der Waals surface area contributed by atoms with Gasteiger partial charge in [-0.3, -0.25) is 4.79 Å². The highest BCUT2D eigenvalue weighted by atomic mass is 35.5. The van der Waals surface area contributed by atoms with E-state index < -0.39 is 5.91 Å². The summed E-state index contributed by atoms with van der Waals surface area (Å²) in [5.74, 6) is -0.00562. The Morgan fingerprint density at radius 2 is 2.08 bits per heavy atom. The van der Waals surface area contributed by atoms with Crippen LogP contribution in [-0.4, -0.2) is 23.7 Å². The van der Waals surface area contributed by atoms with Crippen molar-refractivity contribution in [1.82, 2.24) is 10.4 Å². The van der Waals surface area contributed by atoms with Gasteiger partial charge in [0.2, 0.25) is 0 Å². The molecule has 0 atom stereocenters. The van der Waals surface area contributed by atoms with Gasteiger partial charge in [0.05, 0.1) is 11.2 Å². The Balaban J connectivity index is 1.55. The van der Waals surface area contributed by atoms with E-state index >= 15 is 0 Å². The number of halogens is 2. The van der Waals surface area contributed by atoms with Crippen LogP contribution in [0.2, 0.25) is 10.0 Å². The molecule has 2 N–H and O–H groups in total. The Labute approximate surface area is 148 Å². The summed E-state index contributed by atoms with van der Waals surface area (Å²) in [6, 6.07) is 12.6. The van der Waals surface area contributed by atoms with Crippen molar-refractivity contribution < 1.29 is 9.53 Å². The maximum absolute atomic E-state index is 11.8. The van der Waals surface area contributed by atoms with Gasteiger partial charge in [-0.15, -0.1) is 0 Å². The van der Waals surface area contributed by atoms with Gasteiger partial charge in [-0.2, -0.15) is 5.10 Å². The van der Waals surface area contributed by atoms with E-state index in [0.717, 1.165) is 16.5 Å². The van der Waals surface area contributed by atoms with Crippen LogP contribution in [0.3, 0.4) is 0 Å². The van der Waals surface area contributed by atoms with Crippen molar-refractivity contribution in [3.05, 3.63) is 64.3 Å². The number of benzene rings is 2. The second kappa shape index (κ2) is 7.38. The van der Waals surface area contributed by atoms with Crippen LogP contribution < -0.4 is 10.2 Å². The number of amides is 1. The molecule has 0 radical (unpaired) electrons. The molecule has 3 aromatic rings. The lowest BCUT2D eigenvalue weighted by atomic mass is 10.2. The number of H-pyrrole nitrogens is 1. The first-order valence-corrected chi connectivity index (χ1v) is 7.85. The molecule has 3 rings (SSSR count). The standard InChI is InChI=1S/C17H13Cl2N3O2/c18-12-5-6-16(14(19)7-12)24-10-17(23)22-21-9-11-8-20-15-4-2-1-3-13(11)15/h1-9,20H,10H2,(H,22,23)/b21-9+. The van der Waals surface area contributed by atoms with E-state index in [1.165, 1.54) is 0 Å². The zero-order valence-electron chi connectivity index (χ0n) is 12.4. The van der Waals surface area contributed by atoms with Gasteiger partial charge in [0.15, 0.2) is 6.61 Å². The predicted molar refractivity (Wildman–Crippen MR) is 96.0 cm³/mol. The topological polar surface area (TPSA) is 66.5 Å². The summed E-state index contributed by atoms with van der Waals surface area (Å²) in [7, 11) is 0. The predicted octanol–water partition coefficient (Wildman–Crippen LogP) is 4.00. The molecule has 1 amide bonds. The van der Waals surface area contributed by atoms with E-state index in [0.29, 0.717) is 15.8 Å². The summed E-state index contributed by atoms with van der Waals surface area (Å²) in [6.07, 6.45) is 3.40. The van der Waals surface area contributed by atoms with Gasteiger partial charge in [-0.1, -0.05) is 41.4 Å². The molecule has 122 valence electrons. The molecule has 0 saturated heterocycles. The van der Waals surface area contributed by atoms with Gasteiger partial charge in [-0.05, 0) is 24.3 Å². The number of aromatic nitrogens is 1. The Bertz CT molecular complexity index is 906. The van der Waals surface area contributed by atoms with E-state index in [2.05, 4.69) is 15.5 Å². The van der Waals surface area contributed by atoms with Crippen molar-refractivity contribution in [2.45, 2.75) is 0 Å². The van der Waals surface area contributed by atoms with E-state index in [1.54, 1.807) is 24.4 Å². The maximum Gasteiger partial charge on any atom is 0.277 e. The van der Waals surface area contributed by atoms with Crippen molar-refractivity contribution in [1.29, 1.82) is 0 Å². The Kier molecular flexibility index (Phi) is 5.03. The van der Waals surface area contributed by atoms with Crippen molar-refractivity contribution in [3.8, 4) is 5.75 Å². The lowest BCUT2D eigenvalue weighted by Gasteiger charge is -2.06. The van der Waals surface area contributed by atoms with Gasteiger partial charge in [0.1, 0.15) is 5.75 Å². The van der Waals surface area contributed by atoms with Crippen LogP contribution in [-0.2, 0) is 4.79 Å². The fourth-order valence-corrected chi connectivity index (χ4v) is 2.61. The number of fused-ring (bicyclic) bond motifs is 1. The van der Waals surface area contributed by atoms with Crippen LogP contribution in [0.1, 0.15) is 5.56 Å². The number of rotatable bonds is 5. The van der Waals surface area contributed by atoms with E-state index in [4.69, 9.17) is 27.9 Å². The van der Waals surface area contributed by atoms with Crippen LogP contribution in [0.4, 0.5) is 0 Å². The fraction of sp³-hybridized carbons (Fsp3) is 0.0588. The summed E-state index contributed by atoms with van der Waals surface area (Å²) in [4.78, 5) is 14.9. The second-order valence-corrected chi connectivity index (χ2v) is 5.79. The Hall–Kier alpha value is -2.50. The molecular formula is C17H13Cl2N3O2. The first-order valence-electron chi connectivity index (χ1n) is 7.09. The SMILES string of the molecule is O=C(COc1ccc(Cl)cc1Cl)N/N=C/c1c[nH]c2ccccc12. The molecule has 5 nitrogen and oxygen atoms in total. The minimum atomic E-state index is -0.392. The summed E-state index contributed by atoms with van der Waals surface area (Å²) in [6.45, 7) is -0.202. The molecule has 0 bridgehead atoms. The van der Waals surface area contributed by atoms with Crippen LogP contribution >= 0.6 is 23.2 Å². The lowest BCUT2D eigenvalue weighted by Crippen LogP contribution is -2.24. The van der Waals surface area contributed by atoms with Crippen LogP contribution in [0.5, 0.6) is 5.75 Å². The van der Waals surface area contributed by atoms with Crippen molar-refractivity contribution >= 4 is 46.2 Å². The molecule has 2 aromatic carbocycles. The van der Waals surface area contributed by atoms with Crippen LogP contribution in [0.15, 0.2) is 53.8 Å². The third kappa shape index (κ3) is 3.88. The highest BCUT2D eigenvalue weighted by molar-refractivity contribution is 6.35. The molecule has 0 fully saturated rings. The number of hydrazone groups is 1. The zero-order chi connectivity index (χ0) is 16.9. The molecule has 0 aliphatic carbocycles. The summed E-state index contributed by atoms with van der Waals surface area (Å²) < 4.78 is 5.33. The Morgan fingerprint density at radius 3 is 2.92 bits per heavy atom. The average Bonchev–Trinajstić information content (AvgIpc) is 2.97. The number of para-hydroxylation sites is 1. The van der Waals surface area contributed by atoms with E-state index in [-0.39, 0.29) is 6.61 Å². The molecule has 0 aliphatic heterocycles. The molecule has 7 heteroatoms.